The van der Waals surface area contributed by atoms with Crippen molar-refractivity contribution in [2.45, 2.75) is 20.3 Å². The maximum Gasteiger partial charge on any atom is 0.254 e. The van der Waals surface area contributed by atoms with Crippen molar-refractivity contribution >= 4 is 11.8 Å². The van der Waals surface area contributed by atoms with E-state index in [1.54, 1.807) is 24.5 Å². The van der Waals surface area contributed by atoms with E-state index in [0.717, 1.165) is 17.7 Å². The minimum absolute atomic E-state index is 0.000594. The third kappa shape index (κ3) is 4.45. The molecule has 1 aromatic carbocycles. The van der Waals surface area contributed by atoms with Gasteiger partial charge in [0.05, 0.1) is 6.61 Å². The number of hydrogen-bond acceptors (Lipinski definition) is 4. The third-order valence-corrected chi connectivity index (χ3v) is 4.72. The molecule has 2 amide bonds. The summed E-state index contributed by atoms with van der Waals surface area (Å²) in [5.41, 5.74) is 2.24. The Morgan fingerprint density at radius 2 is 1.59 bits per heavy atom. The number of amides is 2. The first-order valence-corrected chi connectivity index (χ1v) is 9.32. The molecule has 27 heavy (non-hydrogen) atoms. The van der Waals surface area contributed by atoms with Crippen LogP contribution in [0.1, 0.15) is 39.6 Å². The zero-order valence-electron chi connectivity index (χ0n) is 15.9. The maximum atomic E-state index is 12.9. The van der Waals surface area contributed by atoms with Crippen LogP contribution in [0, 0.1) is 6.92 Å². The SMILES string of the molecule is CCOc1ccc(C(=O)N2CCCN(C(=O)c3ccncc3)CC2)cc1C. The van der Waals surface area contributed by atoms with Gasteiger partial charge in [-0.25, -0.2) is 0 Å². The Kier molecular flexibility index (Phi) is 6.06. The fraction of sp³-hybridized carbons (Fsp3) is 0.381. The molecule has 0 bridgehead atoms. The minimum Gasteiger partial charge on any atom is -0.494 e. The van der Waals surface area contributed by atoms with E-state index in [0.29, 0.717) is 43.9 Å². The molecule has 3 rings (SSSR count). The number of aromatic nitrogens is 1. The van der Waals surface area contributed by atoms with Crippen molar-refractivity contribution in [3.63, 3.8) is 0 Å². The van der Waals surface area contributed by atoms with Crippen LogP contribution in [0.25, 0.3) is 0 Å². The summed E-state index contributed by atoms with van der Waals surface area (Å²) in [5, 5.41) is 0. The Hall–Kier alpha value is -2.89. The Morgan fingerprint density at radius 3 is 2.19 bits per heavy atom. The maximum absolute atomic E-state index is 12.9. The molecule has 0 radical (unpaired) electrons. The summed E-state index contributed by atoms with van der Waals surface area (Å²) < 4.78 is 5.55. The van der Waals surface area contributed by atoms with Crippen molar-refractivity contribution in [2.24, 2.45) is 0 Å². The molecule has 6 heteroatoms. The smallest absolute Gasteiger partial charge is 0.254 e. The van der Waals surface area contributed by atoms with Gasteiger partial charge in [0, 0.05) is 49.7 Å². The average molecular weight is 367 g/mol. The predicted octanol–water partition coefficient (Wildman–Crippen LogP) is 2.78. The third-order valence-electron chi connectivity index (χ3n) is 4.72. The standard InChI is InChI=1S/C21H25N3O3/c1-3-27-19-6-5-18(15-16(19)2)21(26)24-12-4-11-23(13-14-24)20(25)17-7-9-22-10-8-17/h5-10,15H,3-4,11-14H2,1-2H3. The summed E-state index contributed by atoms with van der Waals surface area (Å²) in [6, 6.07) is 8.98. The molecule has 2 aromatic rings. The lowest BCUT2D eigenvalue weighted by atomic mass is 10.1. The van der Waals surface area contributed by atoms with Crippen LogP contribution in [0.5, 0.6) is 5.75 Å². The molecule has 1 saturated heterocycles. The normalized spacial score (nSPS) is 14.6. The summed E-state index contributed by atoms with van der Waals surface area (Å²) in [7, 11) is 0. The van der Waals surface area contributed by atoms with Gasteiger partial charge in [-0.1, -0.05) is 0 Å². The molecular weight excluding hydrogens is 342 g/mol. The lowest BCUT2D eigenvalue weighted by Crippen LogP contribution is -2.37. The lowest BCUT2D eigenvalue weighted by Gasteiger charge is -2.22. The van der Waals surface area contributed by atoms with E-state index in [-0.39, 0.29) is 11.8 Å². The van der Waals surface area contributed by atoms with Crippen LogP contribution >= 0.6 is 0 Å². The van der Waals surface area contributed by atoms with E-state index in [4.69, 9.17) is 4.74 Å². The molecule has 142 valence electrons. The summed E-state index contributed by atoms with van der Waals surface area (Å²) in [6.45, 7) is 6.83. The van der Waals surface area contributed by atoms with Crippen molar-refractivity contribution in [1.82, 2.24) is 14.8 Å². The van der Waals surface area contributed by atoms with Crippen LogP contribution in [0.3, 0.4) is 0 Å². The van der Waals surface area contributed by atoms with Gasteiger partial charge in [-0.05, 0) is 56.2 Å². The van der Waals surface area contributed by atoms with Gasteiger partial charge in [-0.2, -0.15) is 0 Å². The van der Waals surface area contributed by atoms with Crippen LogP contribution in [-0.4, -0.2) is 59.4 Å². The van der Waals surface area contributed by atoms with E-state index < -0.39 is 0 Å². The Labute approximate surface area is 159 Å². The minimum atomic E-state index is -0.0105. The summed E-state index contributed by atoms with van der Waals surface area (Å²) in [5.74, 6) is 0.794. The number of rotatable bonds is 4. The molecule has 2 heterocycles. The number of hydrogen-bond donors (Lipinski definition) is 0. The number of nitrogens with zero attached hydrogens (tertiary/aromatic N) is 3. The van der Waals surface area contributed by atoms with Crippen molar-refractivity contribution in [2.75, 3.05) is 32.8 Å². The largest absolute Gasteiger partial charge is 0.494 e. The lowest BCUT2D eigenvalue weighted by molar-refractivity contribution is 0.0718. The number of aryl methyl sites for hydroxylation is 1. The van der Waals surface area contributed by atoms with Crippen LogP contribution in [0.2, 0.25) is 0 Å². The Bertz CT molecular complexity index is 808. The highest BCUT2D eigenvalue weighted by atomic mass is 16.5. The Morgan fingerprint density at radius 1 is 0.963 bits per heavy atom. The fourth-order valence-corrected chi connectivity index (χ4v) is 3.28. The van der Waals surface area contributed by atoms with E-state index in [1.807, 2.05) is 41.8 Å². The van der Waals surface area contributed by atoms with Crippen molar-refractivity contribution in [1.29, 1.82) is 0 Å². The van der Waals surface area contributed by atoms with Gasteiger partial charge in [0.2, 0.25) is 0 Å². The van der Waals surface area contributed by atoms with Crippen molar-refractivity contribution in [3.8, 4) is 5.75 Å². The van der Waals surface area contributed by atoms with Crippen LogP contribution in [0.15, 0.2) is 42.7 Å². The summed E-state index contributed by atoms with van der Waals surface area (Å²) in [4.78, 5) is 33.1. The molecule has 0 saturated carbocycles. The van der Waals surface area contributed by atoms with Gasteiger partial charge >= 0.3 is 0 Å². The number of pyridine rings is 1. The van der Waals surface area contributed by atoms with E-state index in [1.165, 1.54) is 0 Å². The predicted molar refractivity (Wildman–Crippen MR) is 103 cm³/mol. The van der Waals surface area contributed by atoms with Crippen LogP contribution in [0.4, 0.5) is 0 Å². The van der Waals surface area contributed by atoms with Gasteiger partial charge in [0.1, 0.15) is 5.75 Å². The van der Waals surface area contributed by atoms with E-state index in [9.17, 15) is 9.59 Å². The van der Waals surface area contributed by atoms with Crippen molar-refractivity contribution < 1.29 is 14.3 Å². The van der Waals surface area contributed by atoms with Gasteiger partial charge in [0.15, 0.2) is 0 Å². The Balaban J connectivity index is 1.66. The summed E-state index contributed by atoms with van der Waals surface area (Å²) in [6.07, 6.45) is 4.00. The quantitative estimate of drug-likeness (QED) is 0.834. The zero-order valence-corrected chi connectivity index (χ0v) is 15.9. The van der Waals surface area contributed by atoms with Gasteiger partial charge < -0.3 is 14.5 Å². The van der Waals surface area contributed by atoms with E-state index >= 15 is 0 Å². The second kappa shape index (κ2) is 8.66. The number of benzene rings is 1. The fourth-order valence-electron chi connectivity index (χ4n) is 3.28. The average Bonchev–Trinajstić information content (AvgIpc) is 2.95. The van der Waals surface area contributed by atoms with Gasteiger partial charge in [0.25, 0.3) is 11.8 Å². The molecule has 1 aliphatic heterocycles. The first-order chi connectivity index (χ1) is 13.1. The highest BCUT2D eigenvalue weighted by molar-refractivity contribution is 5.95. The second-order valence-electron chi connectivity index (χ2n) is 6.59. The molecule has 6 nitrogen and oxygen atoms in total. The van der Waals surface area contributed by atoms with Crippen molar-refractivity contribution in [3.05, 3.63) is 59.4 Å². The number of carbonyl (C=O) groups is 2. The van der Waals surface area contributed by atoms with E-state index in [2.05, 4.69) is 4.98 Å². The van der Waals surface area contributed by atoms with Gasteiger partial charge in [-0.15, -0.1) is 0 Å². The van der Waals surface area contributed by atoms with Gasteiger partial charge in [-0.3, -0.25) is 14.6 Å². The van der Waals surface area contributed by atoms with Crippen LogP contribution in [-0.2, 0) is 0 Å². The highest BCUT2D eigenvalue weighted by Gasteiger charge is 2.23. The molecular formula is C21H25N3O3. The number of carbonyl (C=O) groups excluding carboxylic acids is 2. The first-order valence-electron chi connectivity index (χ1n) is 9.32. The molecule has 0 atom stereocenters. The number of ether oxygens (including phenoxy) is 1. The topological polar surface area (TPSA) is 62.7 Å². The molecule has 0 aliphatic carbocycles. The molecule has 0 unspecified atom stereocenters. The highest BCUT2D eigenvalue weighted by Crippen LogP contribution is 2.20. The molecule has 0 N–H and O–H groups in total. The summed E-state index contributed by atoms with van der Waals surface area (Å²) >= 11 is 0. The molecule has 1 aliphatic rings. The second-order valence-corrected chi connectivity index (χ2v) is 6.59. The monoisotopic (exact) mass is 367 g/mol. The first kappa shape index (κ1) is 18.9. The molecule has 1 fully saturated rings. The molecule has 0 spiro atoms. The zero-order chi connectivity index (χ0) is 19.2. The van der Waals surface area contributed by atoms with Crippen LogP contribution < -0.4 is 4.74 Å². The molecule has 1 aromatic heterocycles.